The van der Waals surface area contributed by atoms with E-state index < -0.39 is 0 Å². The van der Waals surface area contributed by atoms with E-state index in [1.807, 2.05) is 49.3 Å². The number of likely N-dealkylation sites (N-methyl/N-ethyl adjacent to an activating group) is 1. The number of halogens is 1. The van der Waals surface area contributed by atoms with E-state index in [2.05, 4.69) is 10.6 Å². The quantitative estimate of drug-likeness (QED) is 0.722. The van der Waals surface area contributed by atoms with Crippen molar-refractivity contribution in [2.45, 2.75) is 19.2 Å². The van der Waals surface area contributed by atoms with Crippen LogP contribution in [0.25, 0.3) is 0 Å². The molecular weight excluding hydrogens is 321 g/mol. The number of amides is 2. The van der Waals surface area contributed by atoms with E-state index >= 15 is 0 Å². The van der Waals surface area contributed by atoms with Crippen LogP contribution in [0.1, 0.15) is 22.7 Å². The molecule has 0 aliphatic rings. The SMILES string of the molecule is CN(C)C(CNC(=O)NCc1ccccc1CO)c1cccc(F)c1. The van der Waals surface area contributed by atoms with Crippen molar-refractivity contribution in [2.75, 3.05) is 20.6 Å². The van der Waals surface area contributed by atoms with Crippen molar-refractivity contribution in [1.82, 2.24) is 15.5 Å². The summed E-state index contributed by atoms with van der Waals surface area (Å²) in [5.41, 5.74) is 2.46. The van der Waals surface area contributed by atoms with Crippen molar-refractivity contribution in [2.24, 2.45) is 0 Å². The molecule has 0 heterocycles. The normalized spacial score (nSPS) is 12.0. The highest BCUT2D eigenvalue weighted by molar-refractivity contribution is 5.73. The molecule has 0 aliphatic carbocycles. The average molecular weight is 345 g/mol. The molecule has 0 saturated carbocycles. The first kappa shape index (κ1) is 18.9. The van der Waals surface area contributed by atoms with Gasteiger partial charge in [-0.1, -0.05) is 36.4 Å². The summed E-state index contributed by atoms with van der Waals surface area (Å²) in [5, 5.41) is 14.9. The molecule has 25 heavy (non-hydrogen) atoms. The Morgan fingerprint density at radius 1 is 1.12 bits per heavy atom. The van der Waals surface area contributed by atoms with Crippen molar-refractivity contribution < 1.29 is 14.3 Å². The summed E-state index contributed by atoms with van der Waals surface area (Å²) in [7, 11) is 3.76. The Morgan fingerprint density at radius 2 is 1.84 bits per heavy atom. The van der Waals surface area contributed by atoms with E-state index in [0.29, 0.717) is 13.1 Å². The van der Waals surface area contributed by atoms with Crippen LogP contribution in [0.15, 0.2) is 48.5 Å². The van der Waals surface area contributed by atoms with Crippen LogP contribution in [0.5, 0.6) is 0 Å². The Labute approximate surface area is 147 Å². The van der Waals surface area contributed by atoms with Gasteiger partial charge in [-0.2, -0.15) is 0 Å². The maximum atomic E-state index is 13.4. The highest BCUT2D eigenvalue weighted by Gasteiger charge is 2.16. The molecule has 2 amide bonds. The van der Waals surface area contributed by atoms with Gasteiger partial charge in [-0.25, -0.2) is 9.18 Å². The van der Waals surface area contributed by atoms with Crippen LogP contribution in [0, 0.1) is 5.82 Å². The van der Waals surface area contributed by atoms with Gasteiger partial charge in [0.05, 0.1) is 12.6 Å². The van der Waals surface area contributed by atoms with Crippen molar-refractivity contribution in [3.05, 3.63) is 71.0 Å². The first-order chi connectivity index (χ1) is 12.0. The van der Waals surface area contributed by atoms with Gasteiger partial charge in [0, 0.05) is 13.1 Å². The van der Waals surface area contributed by atoms with Gasteiger partial charge in [-0.3, -0.25) is 0 Å². The molecule has 0 radical (unpaired) electrons. The number of benzene rings is 2. The maximum Gasteiger partial charge on any atom is 0.315 e. The number of urea groups is 1. The smallest absolute Gasteiger partial charge is 0.315 e. The van der Waals surface area contributed by atoms with Gasteiger partial charge >= 0.3 is 6.03 Å². The summed E-state index contributed by atoms with van der Waals surface area (Å²) < 4.78 is 13.4. The lowest BCUT2D eigenvalue weighted by Gasteiger charge is -2.25. The van der Waals surface area contributed by atoms with Crippen molar-refractivity contribution in [3.63, 3.8) is 0 Å². The van der Waals surface area contributed by atoms with Crippen LogP contribution in [0.2, 0.25) is 0 Å². The minimum atomic E-state index is -0.309. The highest BCUT2D eigenvalue weighted by atomic mass is 19.1. The number of rotatable bonds is 7. The van der Waals surface area contributed by atoms with Gasteiger partial charge in [-0.05, 0) is 42.9 Å². The summed E-state index contributed by atoms with van der Waals surface area (Å²) in [4.78, 5) is 14.0. The number of aliphatic hydroxyl groups is 1. The topological polar surface area (TPSA) is 64.6 Å². The predicted molar refractivity (Wildman–Crippen MR) is 95.4 cm³/mol. The molecular formula is C19H24FN3O2. The van der Waals surface area contributed by atoms with E-state index in [9.17, 15) is 14.3 Å². The molecule has 0 fully saturated rings. The lowest BCUT2D eigenvalue weighted by molar-refractivity contribution is 0.232. The minimum Gasteiger partial charge on any atom is -0.392 e. The molecule has 0 spiro atoms. The van der Waals surface area contributed by atoms with Crippen LogP contribution in [-0.2, 0) is 13.2 Å². The molecule has 3 N–H and O–H groups in total. The fourth-order valence-electron chi connectivity index (χ4n) is 2.62. The van der Waals surface area contributed by atoms with Gasteiger partial charge in [-0.15, -0.1) is 0 Å². The Bertz CT molecular complexity index is 707. The third kappa shape index (κ3) is 5.55. The number of hydrogen-bond donors (Lipinski definition) is 3. The standard InChI is InChI=1S/C19H24FN3O2/c1-23(2)18(14-8-5-9-17(20)10-14)12-22-19(25)21-11-15-6-3-4-7-16(15)13-24/h3-10,18,24H,11-13H2,1-2H3,(H2,21,22,25). The van der Waals surface area contributed by atoms with Gasteiger partial charge in [0.1, 0.15) is 5.82 Å². The molecule has 6 heteroatoms. The monoisotopic (exact) mass is 345 g/mol. The zero-order valence-electron chi connectivity index (χ0n) is 14.5. The van der Waals surface area contributed by atoms with Crippen molar-refractivity contribution in [1.29, 1.82) is 0 Å². The summed E-state index contributed by atoms with van der Waals surface area (Å²) in [6.07, 6.45) is 0. The summed E-state index contributed by atoms with van der Waals surface area (Å²) >= 11 is 0. The number of carbonyl (C=O) groups is 1. The summed E-state index contributed by atoms with van der Waals surface area (Å²) in [6.45, 7) is 0.612. The van der Waals surface area contributed by atoms with Gasteiger partial charge in [0.15, 0.2) is 0 Å². The van der Waals surface area contributed by atoms with Crippen LogP contribution >= 0.6 is 0 Å². The Kier molecular flexibility index (Phi) is 6.91. The van der Waals surface area contributed by atoms with Crippen molar-refractivity contribution >= 4 is 6.03 Å². The Balaban J connectivity index is 1.91. The lowest BCUT2D eigenvalue weighted by Crippen LogP contribution is -2.40. The summed E-state index contributed by atoms with van der Waals surface area (Å²) in [6, 6.07) is 13.3. The molecule has 0 saturated heterocycles. The second kappa shape index (κ2) is 9.15. The van der Waals surface area contributed by atoms with Crippen molar-refractivity contribution in [3.8, 4) is 0 Å². The highest BCUT2D eigenvalue weighted by Crippen LogP contribution is 2.18. The maximum absolute atomic E-state index is 13.4. The molecule has 0 aliphatic heterocycles. The molecule has 1 unspecified atom stereocenters. The first-order valence-corrected chi connectivity index (χ1v) is 8.12. The largest absolute Gasteiger partial charge is 0.392 e. The third-order valence-corrected chi connectivity index (χ3v) is 4.04. The molecule has 5 nitrogen and oxygen atoms in total. The van der Waals surface area contributed by atoms with Crippen LogP contribution < -0.4 is 10.6 Å². The fourth-order valence-corrected chi connectivity index (χ4v) is 2.62. The minimum absolute atomic E-state index is 0.0677. The second-order valence-electron chi connectivity index (χ2n) is 6.02. The van der Waals surface area contributed by atoms with E-state index in [1.54, 1.807) is 6.07 Å². The number of nitrogens with one attached hydrogen (secondary N) is 2. The van der Waals surface area contributed by atoms with E-state index in [-0.39, 0.29) is 24.5 Å². The van der Waals surface area contributed by atoms with Crippen LogP contribution in [0.4, 0.5) is 9.18 Å². The number of aliphatic hydroxyl groups excluding tert-OH is 1. The van der Waals surface area contributed by atoms with E-state index in [0.717, 1.165) is 16.7 Å². The van der Waals surface area contributed by atoms with Gasteiger partial charge < -0.3 is 20.6 Å². The second-order valence-corrected chi connectivity index (χ2v) is 6.02. The molecule has 2 aromatic rings. The number of hydrogen-bond acceptors (Lipinski definition) is 3. The molecule has 2 aromatic carbocycles. The molecule has 0 aromatic heterocycles. The zero-order valence-corrected chi connectivity index (χ0v) is 14.5. The molecule has 1 atom stereocenters. The molecule has 0 bridgehead atoms. The summed E-state index contributed by atoms with van der Waals surface area (Å²) in [5.74, 6) is -0.297. The average Bonchev–Trinajstić information content (AvgIpc) is 2.60. The molecule has 2 rings (SSSR count). The van der Waals surface area contributed by atoms with E-state index in [4.69, 9.17) is 0 Å². The molecule has 134 valence electrons. The zero-order chi connectivity index (χ0) is 18.2. The number of carbonyl (C=O) groups excluding carboxylic acids is 1. The van der Waals surface area contributed by atoms with Gasteiger partial charge in [0.2, 0.25) is 0 Å². The number of nitrogens with zero attached hydrogens (tertiary/aromatic N) is 1. The Morgan fingerprint density at radius 3 is 2.48 bits per heavy atom. The first-order valence-electron chi connectivity index (χ1n) is 8.12. The van der Waals surface area contributed by atoms with Crippen LogP contribution in [-0.4, -0.2) is 36.7 Å². The van der Waals surface area contributed by atoms with Crippen LogP contribution in [0.3, 0.4) is 0 Å². The fraction of sp³-hybridized carbons (Fsp3) is 0.316. The lowest BCUT2D eigenvalue weighted by atomic mass is 10.1. The van der Waals surface area contributed by atoms with E-state index in [1.165, 1.54) is 12.1 Å². The Hall–Kier alpha value is -2.44. The predicted octanol–water partition coefficient (Wildman–Crippen LogP) is 2.42. The third-order valence-electron chi connectivity index (χ3n) is 4.04. The van der Waals surface area contributed by atoms with Gasteiger partial charge in [0.25, 0.3) is 0 Å².